The molecule has 1 fully saturated rings. The number of nitrogens with zero attached hydrogens (tertiary/aromatic N) is 1. The zero-order valence-corrected chi connectivity index (χ0v) is 18.5. The van der Waals surface area contributed by atoms with E-state index in [1.807, 2.05) is 6.92 Å². The first-order valence-electron chi connectivity index (χ1n) is 10.4. The van der Waals surface area contributed by atoms with E-state index in [1.165, 1.54) is 12.1 Å². The quantitative estimate of drug-likeness (QED) is 0.324. The number of amides is 1. The van der Waals surface area contributed by atoms with E-state index < -0.39 is 20.2 Å². The Balaban J connectivity index is 1.97. The van der Waals surface area contributed by atoms with Gasteiger partial charge in [-0.1, -0.05) is 13.3 Å². The summed E-state index contributed by atoms with van der Waals surface area (Å²) in [6.07, 6.45) is 3.94. The van der Waals surface area contributed by atoms with Crippen LogP contribution in [0.15, 0.2) is 18.2 Å². The number of sulfonamides is 1. The monoisotopic (exact) mass is 441 g/mol. The number of nitrogens with one attached hydrogen (secondary N) is 2. The zero-order chi connectivity index (χ0) is 22.3. The van der Waals surface area contributed by atoms with Crippen LogP contribution in [0.25, 0.3) is 0 Å². The van der Waals surface area contributed by atoms with Crippen molar-refractivity contribution in [3.05, 3.63) is 28.3 Å². The van der Waals surface area contributed by atoms with Gasteiger partial charge in [0, 0.05) is 12.0 Å². The van der Waals surface area contributed by atoms with Gasteiger partial charge in [-0.05, 0) is 58.1 Å². The molecule has 1 aromatic carbocycles. The summed E-state index contributed by atoms with van der Waals surface area (Å²) in [5.74, 6) is -0.209. The first-order valence-corrected chi connectivity index (χ1v) is 11.9. The number of hydrogen-bond donors (Lipinski definition) is 2. The number of anilines is 1. The molecule has 1 aliphatic carbocycles. The maximum Gasteiger partial charge on any atom is 0.296 e. The highest BCUT2D eigenvalue weighted by Crippen LogP contribution is 2.31. The highest BCUT2D eigenvalue weighted by Gasteiger charge is 2.30. The predicted molar refractivity (Wildman–Crippen MR) is 115 cm³/mol. The molecule has 0 aliphatic heterocycles. The SMILES string of the molecule is CCCCOc1ccc(NC(=O)C2CCC(NS(=O)(=O)C(C)C)CC2)c([N+](=O)[O-])c1. The van der Waals surface area contributed by atoms with E-state index >= 15 is 0 Å². The number of ether oxygens (including phenoxy) is 1. The minimum Gasteiger partial charge on any atom is -0.493 e. The number of carbonyl (C=O) groups excluding carboxylic acids is 1. The summed E-state index contributed by atoms with van der Waals surface area (Å²) in [4.78, 5) is 23.5. The molecule has 10 heteroatoms. The molecule has 0 saturated heterocycles. The summed E-state index contributed by atoms with van der Waals surface area (Å²) in [6.45, 7) is 5.74. The summed E-state index contributed by atoms with van der Waals surface area (Å²) < 4.78 is 32.2. The Bertz CT molecular complexity index is 848. The predicted octanol–water partition coefficient (Wildman–Crippen LogP) is 3.60. The van der Waals surface area contributed by atoms with Crippen molar-refractivity contribution in [3.63, 3.8) is 0 Å². The third-order valence-electron chi connectivity index (χ3n) is 5.24. The first-order chi connectivity index (χ1) is 14.1. The van der Waals surface area contributed by atoms with Crippen LogP contribution < -0.4 is 14.8 Å². The first kappa shape index (κ1) is 24.1. The van der Waals surface area contributed by atoms with Gasteiger partial charge in [-0.15, -0.1) is 0 Å². The fraction of sp³-hybridized carbons (Fsp3) is 0.650. The van der Waals surface area contributed by atoms with Gasteiger partial charge in [-0.25, -0.2) is 13.1 Å². The molecule has 0 heterocycles. The molecular formula is C20H31N3O6S. The summed E-state index contributed by atoms with van der Waals surface area (Å²) in [7, 11) is -3.35. The van der Waals surface area contributed by atoms with Crippen molar-refractivity contribution in [2.45, 2.75) is 70.6 Å². The number of rotatable bonds is 10. The highest BCUT2D eigenvalue weighted by molar-refractivity contribution is 7.90. The molecule has 2 rings (SSSR count). The summed E-state index contributed by atoms with van der Waals surface area (Å²) in [5.41, 5.74) is -0.0776. The van der Waals surface area contributed by atoms with E-state index in [-0.39, 0.29) is 29.2 Å². The van der Waals surface area contributed by atoms with Gasteiger partial charge >= 0.3 is 0 Å². The number of hydrogen-bond acceptors (Lipinski definition) is 6. The van der Waals surface area contributed by atoms with Crippen molar-refractivity contribution >= 4 is 27.3 Å². The van der Waals surface area contributed by atoms with Crippen LogP contribution in [0.1, 0.15) is 59.3 Å². The average Bonchev–Trinajstić information content (AvgIpc) is 2.69. The maximum absolute atomic E-state index is 12.6. The molecule has 30 heavy (non-hydrogen) atoms. The standard InChI is InChI=1S/C20H31N3O6S/c1-4-5-12-29-17-10-11-18(19(13-17)23(25)26)21-20(24)15-6-8-16(9-7-15)22-30(27,28)14(2)3/h10-11,13-16,22H,4-9,12H2,1-3H3,(H,21,24). The van der Waals surface area contributed by atoms with E-state index in [2.05, 4.69) is 10.0 Å². The molecule has 168 valence electrons. The number of unbranched alkanes of at least 4 members (excludes halogenated alkanes) is 1. The van der Waals surface area contributed by atoms with Crippen LogP contribution in [0, 0.1) is 16.0 Å². The van der Waals surface area contributed by atoms with Crippen molar-refractivity contribution in [1.82, 2.24) is 4.72 Å². The fourth-order valence-electron chi connectivity index (χ4n) is 3.27. The van der Waals surface area contributed by atoms with Gasteiger partial charge in [-0.3, -0.25) is 14.9 Å². The van der Waals surface area contributed by atoms with Gasteiger partial charge in [-0.2, -0.15) is 0 Å². The van der Waals surface area contributed by atoms with E-state index in [4.69, 9.17) is 4.74 Å². The van der Waals surface area contributed by atoms with Crippen molar-refractivity contribution in [3.8, 4) is 5.75 Å². The van der Waals surface area contributed by atoms with Crippen molar-refractivity contribution < 1.29 is 22.9 Å². The van der Waals surface area contributed by atoms with Gasteiger partial charge in [0.05, 0.1) is 22.8 Å². The van der Waals surface area contributed by atoms with E-state index in [1.54, 1.807) is 19.9 Å². The molecule has 0 spiro atoms. The molecule has 2 N–H and O–H groups in total. The Morgan fingerprint density at radius 2 is 1.93 bits per heavy atom. The smallest absolute Gasteiger partial charge is 0.296 e. The highest BCUT2D eigenvalue weighted by atomic mass is 32.2. The minimum absolute atomic E-state index is 0.135. The molecular weight excluding hydrogens is 410 g/mol. The van der Waals surface area contributed by atoms with E-state index in [9.17, 15) is 23.3 Å². The fourth-order valence-corrected chi connectivity index (χ4v) is 4.24. The van der Waals surface area contributed by atoms with Gasteiger partial charge in [0.2, 0.25) is 15.9 Å². The third-order valence-corrected chi connectivity index (χ3v) is 7.14. The molecule has 0 radical (unpaired) electrons. The second-order valence-electron chi connectivity index (χ2n) is 7.89. The van der Waals surface area contributed by atoms with Crippen LogP contribution in [0.3, 0.4) is 0 Å². The van der Waals surface area contributed by atoms with Gasteiger partial charge in [0.1, 0.15) is 11.4 Å². The second kappa shape index (κ2) is 10.7. The van der Waals surface area contributed by atoms with Crippen LogP contribution in [0.4, 0.5) is 11.4 Å². The Kier molecular flexibility index (Phi) is 8.60. The number of nitro groups is 1. The number of carbonyl (C=O) groups is 1. The number of nitro benzene ring substituents is 1. The molecule has 0 bridgehead atoms. The largest absolute Gasteiger partial charge is 0.493 e. The van der Waals surface area contributed by atoms with Crippen LogP contribution in [-0.2, 0) is 14.8 Å². The van der Waals surface area contributed by atoms with Crippen molar-refractivity contribution in [2.75, 3.05) is 11.9 Å². The Morgan fingerprint density at radius 1 is 1.27 bits per heavy atom. The van der Waals surface area contributed by atoms with Gasteiger partial charge < -0.3 is 10.1 Å². The third kappa shape index (κ3) is 6.66. The lowest BCUT2D eigenvalue weighted by Gasteiger charge is -2.28. The van der Waals surface area contributed by atoms with Crippen molar-refractivity contribution in [2.24, 2.45) is 5.92 Å². The van der Waals surface area contributed by atoms with Crippen molar-refractivity contribution in [1.29, 1.82) is 0 Å². The maximum atomic E-state index is 12.6. The van der Waals surface area contributed by atoms with Gasteiger partial charge in [0.25, 0.3) is 5.69 Å². The Morgan fingerprint density at radius 3 is 2.50 bits per heavy atom. The molecule has 0 unspecified atom stereocenters. The molecule has 0 aromatic heterocycles. The lowest BCUT2D eigenvalue weighted by molar-refractivity contribution is -0.384. The average molecular weight is 442 g/mol. The second-order valence-corrected chi connectivity index (χ2v) is 10.2. The lowest BCUT2D eigenvalue weighted by atomic mass is 9.86. The zero-order valence-electron chi connectivity index (χ0n) is 17.7. The summed E-state index contributed by atoms with van der Waals surface area (Å²) in [6, 6.07) is 4.23. The Labute approximate surface area is 177 Å². The Hall–Kier alpha value is -2.20. The lowest BCUT2D eigenvalue weighted by Crippen LogP contribution is -2.42. The molecule has 1 amide bonds. The van der Waals surface area contributed by atoms with Crippen LogP contribution >= 0.6 is 0 Å². The molecule has 1 aliphatic rings. The van der Waals surface area contributed by atoms with Gasteiger partial charge in [0.15, 0.2) is 0 Å². The van der Waals surface area contributed by atoms with Crippen LogP contribution in [0.2, 0.25) is 0 Å². The minimum atomic E-state index is -3.35. The summed E-state index contributed by atoms with van der Waals surface area (Å²) in [5, 5.41) is 13.6. The molecule has 0 atom stereocenters. The van der Waals surface area contributed by atoms with Crippen LogP contribution in [0.5, 0.6) is 5.75 Å². The summed E-state index contributed by atoms with van der Waals surface area (Å²) >= 11 is 0. The molecule has 1 aromatic rings. The number of benzene rings is 1. The van der Waals surface area contributed by atoms with E-state index in [0.29, 0.717) is 38.0 Å². The normalized spacial score (nSPS) is 19.5. The molecule has 1 saturated carbocycles. The topological polar surface area (TPSA) is 128 Å². The molecule has 9 nitrogen and oxygen atoms in total. The van der Waals surface area contributed by atoms with E-state index in [0.717, 1.165) is 12.8 Å². The van der Waals surface area contributed by atoms with Crippen LogP contribution in [-0.4, -0.2) is 37.1 Å².